The summed E-state index contributed by atoms with van der Waals surface area (Å²) in [7, 11) is 0. The van der Waals surface area contributed by atoms with Gasteiger partial charge in [-0.05, 0) is 66.5 Å². The number of nitrogens with one attached hydrogen (secondary N) is 3. The van der Waals surface area contributed by atoms with Gasteiger partial charge in [0.05, 0.1) is 14.5 Å². The number of carbonyl (C=O) groups excluding carboxylic acids is 2. The van der Waals surface area contributed by atoms with Crippen LogP contribution < -0.4 is 25.8 Å². The predicted octanol–water partition coefficient (Wildman–Crippen LogP) is 4.38. The molecule has 2 heterocycles. The lowest BCUT2D eigenvalue weighted by Crippen LogP contribution is -2.53. The van der Waals surface area contributed by atoms with Crippen molar-refractivity contribution in [3.8, 4) is 5.06 Å². The maximum absolute atomic E-state index is 12.6. The molecule has 1 aliphatic rings. The van der Waals surface area contributed by atoms with E-state index in [-0.39, 0.29) is 5.91 Å². The number of hydrogen-bond acceptors (Lipinski definition) is 6. The molecule has 0 bridgehead atoms. The first-order valence-corrected chi connectivity index (χ1v) is 10.6. The molecule has 2 aromatic rings. The summed E-state index contributed by atoms with van der Waals surface area (Å²) >= 11 is 10.9. The third kappa shape index (κ3) is 5.16. The van der Waals surface area contributed by atoms with Gasteiger partial charge in [-0.25, -0.2) is 10.2 Å². The van der Waals surface area contributed by atoms with Crippen LogP contribution in [0.1, 0.15) is 20.3 Å². The smallest absolute Gasteiger partial charge is 0.399 e. The van der Waals surface area contributed by atoms with Gasteiger partial charge in [0.2, 0.25) is 5.91 Å². The van der Waals surface area contributed by atoms with Gasteiger partial charge in [0.25, 0.3) is 0 Å². The first-order chi connectivity index (χ1) is 13.2. The Morgan fingerprint density at radius 1 is 1.32 bits per heavy atom. The molecule has 150 valence electrons. The Labute approximate surface area is 180 Å². The summed E-state index contributed by atoms with van der Waals surface area (Å²) in [5.41, 5.74) is 3.46. The number of halogens is 2. The van der Waals surface area contributed by atoms with Crippen LogP contribution in [0.2, 0.25) is 5.02 Å². The molecule has 3 rings (SSSR count). The molecule has 28 heavy (non-hydrogen) atoms. The Bertz CT molecular complexity index is 883. The van der Waals surface area contributed by atoms with Crippen molar-refractivity contribution in [3.05, 3.63) is 39.1 Å². The van der Waals surface area contributed by atoms with Crippen LogP contribution in [0.25, 0.3) is 0 Å². The van der Waals surface area contributed by atoms with Gasteiger partial charge in [-0.1, -0.05) is 22.9 Å². The van der Waals surface area contributed by atoms with Crippen molar-refractivity contribution < 1.29 is 14.3 Å². The van der Waals surface area contributed by atoms with Crippen LogP contribution in [0.3, 0.4) is 0 Å². The minimum absolute atomic E-state index is 0.389. The SMILES string of the molecule is CC(C)(NC(=O)Oc1ccc(Br)s1)C(=O)Nc1ccc(N2CCCN2)c(Cl)c1. The van der Waals surface area contributed by atoms with Gasteiger partial charge >= 0.3 is 6.09 Å². The maximum atomic E-state index is 12.6. The van der Waals surface area contributed by atoms with Crippen molar-refractivity contribution in [2.24, 2.45) is 0 Å². The van der Waals surface area contributed by atoms with E-state index in [4.69, 9.17) is 16.3 Å². The lowest BCUT2D eigenvalue weighted by atomic mass is 10.0. The van der Waals surface area contributed by atoms with Crippen molar-refractivity contribution in [1.82, 2.24) is 10.7 Å². The highest BCUT2D eigenvalue weighted by Crippen LogP contribution is 2.30. The second-order valence-electron chi connectivity index (χ2n) is 6.73. The highest BCUT2D eigenvalue weighted by atomic mass is 79.9. The van der Waals surface area contributed by atoms with Gasteiger partial charge in [-0.3, -0.25) is 4.79 Å². The Morgan fingerprint density at radius 2 is 2.11 bits per heavy atom. The average Bonchev–Trinajstić information content (AvgIpc) is 3.26. The van der Waals surface area contributed by atoms with Gasteiger partial charge in [0.15, 0.2) is 5.06 Å². The quantitative estimate of drug-likeness (QED) is 0.583. The molecule has 10 heteroatoms. The second kappa shape index (κ2) is 8.69. The first-order valence-electron chi connectivity index (χ1n) is 8.62. The molecule has 0 aliphatic carbocycles. The minimum Gasteiger partial charge on any atom is -0.399 e. The summed E-state index contributed by atoms with van der Waals surface area (Å²) in [4.78, 5) is 24.7. The van der Waals surface area contributed by atoms with Crippen LogP contribution in [0.5, 0.6) is 5.06 Å². The van der Waals surface area contributed by atoms with Crippen molar-refractivity contribution in [3.63, 3.8) is 0 Å². The van der Waals surface area contributed by atoms with Crippen LogP contribution in [0.15, 0.2) is 34.1 Å². The predicted molar refractivity (Wildman–Crippen MR) is 115 cm³/mol. The topological polar surface area (TPSA) is 82.7 Å². The number of ether oxygens (including phenoxy) is 1. The van der Waals surface area contributed by atoms with Crippen LogP contribution in [0, 0.1) is 0 Å². The normalized spacial score (nSPS) is 14.1. The molecule has 3 N–H and O–H groups in total. The molecule has 1 fully saturated rings. The highest BCUT2D eigenvalue weighted by Gasteiger charge is 2.31. The number of carbonyl (C=O) groups is 2. The Hall–Kier alpha value is -1.81. The molecule has 0 atom stereocenters. The molecule has 1 aliphatic heterocycles. The van der Waals surface area contributed by atoms with Crippen LogP contribution >= 0.6 is 38.9 Å². The largest absolute Gasteiger partial charge is 0.414 e. The molecule has 7 nitrogen and oxygen atoms in total. The van der Waals surface area contributed by atoms with E-state index in [1.165, 1.54) is 11.3 Å². The summed E-state index contributed by atoms with van der Waals surface area (Å²) in [5.74, 6) is -0.389. The fraction of sp³-hybridized carbons (Fsp3) is 0.333. The molecular weight excluding hydrogens is 468 g/mol. The first kappa shape index (κ1) is 20.9. The lowest BCUT2D eigenvalue weighted by molar-refractivity contribution is -0.121. The van der Waals surface area contributed by atoms with E-state index in [0.717, 1.165) is 29.0 Å². The molecule has 1 aromatic heterocycles. The van der Waals surface area contributed by atoms with Crippen molar-refractivity contribution >= 4 is 62.2 Å². The number of nitrogens with zero attached hydrogens (tertiary/aromatic N) is 1. The number of thiophene rings is 1. The summed E-state index contributed by atoms with van der Waals surface area (Å²) in [5, 5.41) is 8.29. The van der Waals surface area contributed by atoms with Gasteiger partial charge in [-0.2, -0.15) is 0 Å². The Morgan fingerprint density at radius 3 is 2.71 bits per heavy atom. The lowest BCUT2D eigenvalue weighted by Gasteiger charge is -2.25. The van der Waals surface area contributed by atoms with Gasteiger partial charge in [0, 0.05) is 18.8 Å². The van der Waals surface area contributed by atoms with Crippen LogP contribution in [-0.4, -0.2) is 30.6 Å². The zero-order chi connectivity index (χ0) is 20.3. The molecule has 2 amide bonds. The van der Waals surface area contributed by atoms with Gasteiger partial charge in [0.1, 0.15) is 5.54 Å². The second-order valence-corrected chi connectivity index (χ2v) is 9.56. The standard InChI is InChI=1S/C18H20BrClN4O3S/c1-18(2,23-17(26)27-15-7-6-14(19)28-15)16(25)22-11-4-5-13(12(20)10-11)24-9-3-8-21-24/h4-7,10,21H,3,8-9H2,1-2H3,(H,22,25)(H,23,26). The molecule has 0 saturated carbocycles. The van der Waals surface area contributed by atoms with Crippen molar-refractivity contribution in [2.75, 3.05) is 23.4 Å². The molecule has 0 unspecified atom stereocenters. The summed E-state index contributed by atoms with van der Waals surface area (Å²) in [6, 6.07) is 8.75. The van der Waals surface area contributed by atoms with Crippen molar-refractivity contribution in [1.29, 1.82) is 0 Å². The third-order valence-corrected chi connectivity index (χ3v) is 5.89. The number of rotatable bonds is 5. The fourth-order valence-corrected chi connectivity index (χ4v) is 4.08. The van der Waals surface area contributed by atoms with Crippen LogP contribution in [0.4, 0.5) is 16.2 Å². The highest BCUT2D eigenvalue weighted by molar-refractivity contribution is 9.11. The van der Waals surface area contributed by atoms with E-state index in [9.17, 15) is 9.59 Å². The minimum atomic E-state index is -1.19. The molecule has 1 aromatic carbocycles. The van der Waals surface area contributed by atoms with E-state index in [1.807, 2.05) is 11.1 Å². The van der Waals surface area contributed by atoms with E-state index in [0.29, 0.717) is 15.8 Å². The van der Waals surface area contributed by atoms with E-state index < -0.39 is 11.6 Å². The summed E-state index contributed by atoms with van der Waals surface area (Å²) in [6.07, 6.45) is 0.343. The molecular formula is C18H20BrClN4O3S. The maximum Gasteiger partial charge on any atom is 0.414 e. The zero-order valence-electron chi connectivity index (χ0n) is 15.3. The zero-order valence-corrected chi connectivity index (χ0v) is 18.5. The fourth-order valence-electron chi connectivity index (χ4n) is 2.61. The number of hydrogen-bond donors (Lipinski definition) is 3. The molecule has 0 radical (unpaired) electrons. The number of hydrazine groups is 1. The van der Waals surface area contributed by atoms with Gasteiger partial charge in [-0.15, -0.1) is 0 Å². The average molecular weight is 488 g/mol. The molecule has 0 spiro atoms. The summed E-state index contributed by atoms with van der Waals surface area (Å²) in [6.45, 7) is 4.98. The van der Waals surface area contributed by atoms with E-state index >= 15 is 0 Å². The monoisotopic (exact) mass is 486 g/mol. The van der Waals surface area contributed by atoms with Gasteiger partial charge < -0.3 is 20.4 Å². The number of anilines is 2. The third-order valence-electron chi connectivity index (χ3n) is 4.08. The Kier molecular flexibility index (Phi) is 6.49. The van der Waals surface area contributed by atoms with E-state index in [2.05, 4.69) is 32.0 Å². The Balaban J connectivity index is 1.60. The molecule has 1 saturated heterocycles. The number of amides is 2. The number of benzene rings is 1. The van der Waals surface area contributed by atoms with Crippen molar-refractivity contribution in [2.45, 2.75) is 25.8 Å². The summed E-state index contributed by atoms with van der Waals surface area (Å²) < 4.78 is 6.03. The van der Waals surface area contributed by atoms with E-state index in [1.54, 1.807) is 38.1 Å². The van der Waals surface area contributed by atoms with Crippen LogP contribution in [-0.2, 0) is 4.79 Å².